The maximum absolute atomic E-state index is 11.3. The van der Waals surface area contributed by atoms with E-state index in [-0.39, 0.29) is 5.97 Å². The smallest absolute Gasteiger partial charge is 0.306 e. The number of esters is 1. The molecule has 0 saturated carbocycles. The highest BCUT2D eigenvalue weighted by Gasteiger charge is 2.03. The Kier molecular flexibility index (Phi) is 10.2. The zero-order valence-electron chi connectivity index (χ0n) is 14.1. The number of hydrogen-bond donors (Lipinski definition) is 0. The highest BCUT2D eigenvalue weighted by Crippen LogP contribution is 2.14. The Morgan fingerprint density at radius 1 is 0.955 bits per heavy atom. The fourth-order valence-corrected chi connectivity index (χ4v) is 2.30. The molecule has 0 atom stereocenters. The van der Waals surface area contributed by atoms with Crippen LogP contribution in [-0.2, 0) is 16.0 Å². The van der Waals surface area contributed by atoms with Crippen molar-refractivity contribution >= 4 is 5.97 Å². The van der Waals surface area contributed by atoms with E-state index in [0.717, 1.165) is 30.8 Å². The molecule has 0 bridgehead atoms. The summed E-state index contributed by atoms with van der Waals surface area (Å²) in [7, 11) is 0. The number of ether oxygens (including phenoxy) is 2. The zero-order valence-corrected chi connectivity index (χ0v) is 14.1. The number of rotatable bonds is 12. The van der Waals surface area contributed by atoms with E-state index in [1.165, 1.54) is 32.1 Å². The van der Waals surface area contributed by atoms with Gasteiger partial charge in [-0.2, -0.15) is 0 Å². The van der Waals surface area contributed by atoms with Crippen molar-refractivity contribution in [2.24, 2.45) is 0 Å². The molecular weight excluding hydrogens is 276 g/mol. The molecule has 3 nitrogen and oxygen atoms in total. The van der Waals surface area contributed by atoms with Gasteiger partial charge in [0.05, 0.1) is 13.2 Å². The van der Waals surface area contributed by atoms with Crippen molar-refractivity contribution in [3.8, 4) is 5.75 Å². The summed E-state index contributed by atoms with van der Waals surface area (Å²) in [6, 6.07) is 8.01. The van der Waals surface area contributed by atoms with Gasteiger partial charge in [-0.05, 0) is 37.5 Å². The van der Waals surface area contributed by atoms with Crippen LogP contribution in [0.4, 0.5) is 0 Å². The molecule has 0 aromatic heterocycles. The summed E-state index contributed by atoms with van der Waals surface area (Å²) in [4.78, 5) is 11.3. The van der Waals surface area contributed by atoms with Crippen LogP contribution in [0.3, 0.4) is 0 Å². The van der Waals surface area contributed by atoms with Gasteiger partial charge in [-0.3, -0.25) is 4.79 Å². The van der Waals surface area contributed by atoms with Gasteiger partial charge in [0.15, 0.2) is 0 Å². The third-order valence-electron chi connectivity index (χ3n) is 3.61. The van der Waals surface area contributed by atoms with Crippen molar-refractivity contribution in [3.63, 3.8) is 0 Å². The average molecular weight is 306 g/mol. The van der Waals surface area contributed by atoms with Gasteiger partial charge >= 0.3 is 5.97 Å². The molecule has 1 aromatic rings. The molecule has 0 aliphatic carbocycles. The van der Waals surface area contributed by atoms with Crippen LogP contribution in [-0.4, -0.2) is 19.2 Å². The average Bonchev–Trinajstić information content (AvgIpc) is 2.53. The molecule has 0 saturated heterocycles. The Bertz CT molecular complexity index is 398. The number of carbonyl (C=O) groups excluding carboxylic acids is 1. The van der Waals surface area contributed by atoms with E-state index in [1.54, 1.807) is 0 Å². The first-order valence-electron chi connectivity index (χ1n) is 8.63. The van der Waals surface area contributed by atoms with Crippen molar-refractivity contribution < 1.29 is 14.3 Å². The largest absolute Gasteiger partial charge is 0.494 e. The summed E-state index contributed by atoms with van der Waals surface area (Å²) in [5.41, 5.74) is 1.14. The molecule has 1 rings (SSSR count). The van der Waals surface area contributed by atoms with Crippen LogP contribution in [0.5, 0.6) is 5.75 Å². The minimum Gasteiger partial charge on any atom is -0.494 e. The number of unbranched alkanes of at least 4 members (excludes halogenated alkanes) is 5. The van der Waals surface area contributed by atoms with Crippen LogP contribution >= 0.6 is 0 Å². The van der Waals surface area contributed by atoms with Gasteiger partial charge in [0, 0.05) is 6.42 Å². The standard InChI is InChI=1S/C19H30O3/c1-3-5-6-7-8-9-16-22-18-13-10-17(11-14-18)12-15-19(20)21-4-2/h10-11,13-14H,3-9,12,15-16H2,1-2H3. The fourth-order valence-electron chi connectivity index (χ4n) is 2.30. The van der Waals surface area contributed by atoms with E-state index in [9.17, 15) is 4.79 Å². The van der Waals surface area contributed by atoms with Crippen molar-refractivity contribution in [1.82, 2.24) is 0 Å². The molecule has 0 spiro atoms. The number of benzene rings is 1. The summed E-state index contributed by atoms with van der Waals surface area (Å²) in [5.74, 6) is 0.777. The molecule has 0 heterocycles. The highest BCUT2D eigenvalue weighted by atomic mass is 16.5. The van der Waals surface area contributed by atoms with Gasteiger partial charge in [0.25, 0.3) is 0 Å². The predicted octanol–water partition coefficient (Wildman–Crippen LogP) is 4.92. The third kappa shape index (κ3) is 8.71. The second-order valence-corrected chi connectivity index (χ2v) is 5.57. The third-order valence-corrected chi connectivity index (χ3v) is 3.61. The van der Waals surface area contributed by atoms with Crippen LogP contribution in [0.2, 0.25) is 0 Å². The van der Waals surface area contributed by atoms with Crippen LogP contribution < -0.4 is 4.74 Å². The van der Waals surface area contributed by atoms with Crippen LogP contribution in [0.15, 0.2) is 24.3 Å². The molecule has 0 N–H and O–H groups in total. The Hall–Kier alpha value is -1.51. The van der Waals surface area contributed by atoms with Gasteiger partial charge in [0.1, 0.15) is 5.75 Å². The SMILES string of the molecule is CCCCCCCCOc1ccc(CCC(=O)OCC)cc1. The Labute approximate surface area is 135 Å². The normalized spacial score (nSPS) is 10.5. The minimum absolute atomic E-state index is 0.133. The van der Waals surface area contributed by atoms with Gasteiger partial charge in [-0.15, -0.1) is 0 Å². The van der Waals surface area contributed by atoms with Crippen LogP contribution in [0.1, 0.15) is 64.4 Å². The Balaban J connectivity index is 2.15. The molecule has 0 unspecified atom stereocenters. The van der Waals surface area contributed by atoms with E-state index in [4.69, 9.17) is 9.47 Å². The van der Waals surface area contributed by atoms with Crippen molar-refractivity contribution in [1.29, 1.82) is 0 Å². The monoisotopic (exact) mass is 306 g/mol. The van der Waals surface area contributed by atoms with Gasteiger partial charge in [-0.1, -0.05) is 51.2 Å². The molecule has 0 radical (unpaired) electrons. The summed E-state index contributed by atoms with van der Waals surface area (Å²) in [6.07, 6.45) is 8.80. The lowest BCUT2D eigenvalue weighted by Crippen LogP contribution is -2.05. The summed E-state index contributed by atoms with van der Waals surface area (Å²) < 4.78 is 10.7. The van der Waals surface area contributed by atoms with Crippen molar-refractivity contribution in [2.75, 3.05) is 13.2 Å². The molecule has 124 valence electrons. The Morgan fingerprint density at radius 2 is 1.64 bits per heavy atom. The molecule has 3 heteroatoms. The molecule has 0 amide bonds. The van der Waals surface area contributed by atoms with E-state index >= 15 is 0 Å². The minimum atomic E-state index is -0.133. The van der Waals surface area contributed by atoms with E-state index in [0.29, 0.717) is 13.0 Å². The second-order valence-electron chi connectivity index (χ2n) is 5.57. The Morgan fingerprint density at radius 3 is 2.32 bits per heavy atom. The molecule has 22 heavy (non-hydrogen) atoms. The first-order valence-corrected chi connectivity index (χ1v) is 8.63. The van der Waals surface area contributed by atoms with Crippen molar-refractivity contribution in [3.05, 3.63) is 29.8 Å². The predicted molar refractivity (Wildman–Crippen MR) is 90.3 cm³/mol. The fraction of sp³-hybridized carbons (Fsp3) is 0.632. The number of hydrogen-bond acceptors (Lipinski definition) is 3. The van der Waals surface area contributed by atoms with Gasteiger partial charge in [0.2, 0.25) is 0 Å². The topological polar surface area (TPSA) is 35.5 Å². The maximum Gasteiger partial charge on any atom is 0.306 e. The summed E-state index contributed by atoms with van der Waals surface area (Å²) in [5, 5.41) is 0. The van der Waals surface area contributed by atoms with Crippen LogP contribution in [0, 0.1) is 0 Å². The lowest BCUT2D eigenvalue weighted by molar-refractivity contribution is -0.143. The number of aryl methyl sites for hydroxylation is 1. The molecular formula is C19H30O3. The van der Waals surface area contributed by atoms with Crippen LogP contribution in [0.25, 0.3) is 0 Å². The van der Waals surface area contributed by atoms with Gasteiger partial charge < -0.3 is 9.47 Å². The summed E-state index contributed by atoms with van der Waals surface area (Å²) >= 11 is 0. The zero-order chi connectivity index (χ0) is 16.0. The summed E-state index contributed by atoms with van der Waals surface area (Å²) in [6.45, 7) is 5.30. The molecule has 0 aliphatic heterocycles. The maximum atomic E-state index is 11.3. The lowest BCUT2D eigenvalue weighted by atomic mass is 10.1. The van der Waals surface area contributed by atoms with Crippen molar-refractivity contribution in [2.45, 2.75) is 65.2 Å². The van der Waals surface area contributed by atoms with Gasteiger partial charge in [-0.25, -0.2) is 0 Å². The second kappa shape index (κ2) is 12.1. The van der Waals surface area contributed by atoms with E-state index in [2.05, 4.69) is 6.92 Å². The van der Waals surface area contributed by atoms with E-state index < -0.39 is 0 Å². The first kappa shape index (κ1) is 18.5. The quantitative estimate of drug-likeness (QED) is 0.406. The first-order chi connectivity index (χ1) is 10.8. The molecule has 1 aromatic carbocycles. The number of carbonyl (C=O) groups is 1. The lowest BCUT2D eigenvalue weighted by Gasteiger charge is -2.07. The van der Waals surface area contributed by atoms with E-state index in [1.807, 2.05) is 31.2 Å². The highest BCUT2D eigenvalue weighted by molar-refractivity contribution is 5.69. The molecule has 0 fully saturated rings. The molecule has 0 aliphatic rings.